The SMILES string of the molecule is CNCc1cc(OCc2cc(C)ccc2I)n(CC(C)C)n1. The lowest BCUT2D eigenvalue weighted by Crippen LogP contribution is -2.11. The zero-order valence-electron chi connectivity index (χ0n) is 13.7. The number of hydrogen-bond donors (Lipinski definition) is 1. The molecule has 0 fully saturated rings. The van der Waals surface area contributed by atoms with Gasteiger partial charge in [-0.3, -0.25) is 0 Å². The van der Waals surface area contributed by atoms with Gasteiger partial charge in [0.2, 0.25) is 5.88 Å². The fourth-order valence-corrected chi connectivity index (χ4v) is 2.77. The van der Waals surface area contributed by atoms with Crippen LogP contribution in [0, 0.1) is 16.4 Å². The smallest absolute Gasteiger partial charge is 0.212 e. The molecule has 0 amide bonds. The molecule has 0 unspecified atom stereocenters. The van der Waals surface area contributed by atoms with Crippen molar-refractivity contribution in [1.29, 1.82) is 0 Å². The Morgan fingerprint density at radius 1 is 1.32 bits per heavy atom. The summed E-state index contributed by atoms with van der Waals surface area (Å²) in [6.07, 6.45) is 0. The molecule has 2 rings (SSSR count). The summed E-state index contributed by atoms with van der Waals surface area (Å²) in [7, 11) is 1.93. The van der Waals surface area contributed by atoms with E-state index in [4.69, 9.17) is 4.74 Å². The number of nitrogens with one attached hydrogen (secondary N) is 1. The first-order valence-electron chi connectivity index (χ1n) is 7.58. The topological polar surface area (TPSA) is 39.1 Å². The van der Waals surface area contributed by atoms with Crippen molar-refractivity contribution >= 4 is 22.6 Å². The fourth-order valence-electron chi connectivity index (χ4n) is 2.28. The second kappa shape index (κ2) is 7.97. The molecule has 0 bridgehead atoms. The van der Waals surface area contributed by atoms with Crippen molar-refractivity contribution in [2.75, 3.05) is 7.05 Å². The summed E-state index contributed by atoms with van der Waals surface area (Å²) < 4.78 is 9.26. The number of aromatic nitrogens is 2. The normalized spacial score (nSPS) is 11.2. The molecule has 1 aromatic heterocycles. The summed E-state index contributed by atoms with van der Waals surface area (Å²) in [5, 5.41) is 7.76. The van der Waals surface area contributed by atoms with Crippen LogP contribution in [0.5, 0.6) is 5.88 Å². The van der Waals surface area contributed by atoms with Crippen molar-refractivity contribution in [3.8, 4) is 5.88 Å². The van der Waals surface area contributed by atoms with Gasteiger partial charge in [-0.2, -0.15) is 5.10 Å². The van der Waals surface area contributed by atoms with Gasteiger partial charge in [-0.05, 0) is 48.5 Å². The minimum atomic E-state index is 0.531. The Hall–Kier alpha value is -1.08. The molecule has 4 nitrogen and oxygen atoms in total. The number of halogens is 1. The molecular formula is C17H24IN3O. The molecular weight excluding hydrogens is 389 g/mol. The van der Waals surface area contributed by atoms with Crippen molar-refractivity contribution in [3.63, 3.8) is 0 Å². The lowest BCUT2D eigenvalue weighted by atomic mass is 10.1. The minimum Gasteiger partial charge on any atom is -0.473 e. The van der Waals surface area contributed by atoms with E-state index in [-0.39, 0.29) is 0 Å². The first kappa shape index (κ1) is 17.3. The number of rotatable bonds is 7. The third-order valence-electron chi connectivity index (χ3n) is 3.27. The zero-order chi connectivity index (χ0) is 16.1. The fraction of sp³-hybridized carbons (Fsp3) is 0.471. The van der Waals surface area contributed by atoms with Crippen molar-refractivity contribution < 1.29 is 4.74 Å². The van der Waals surface area contributed by atoms with Crippen molar-refractivity contribution in [2.45, 2.75) is 40.5 Å². The highest BCUT2D eigenvalue weighted by Crippen LogP contribution is 2.20. The molecule has 0 radical (unpaired) electrons. The highest BCUT2D eigenvalue weighted by atomic mass is 127. The maximum Gasteiger partial charge on any atom is 0.212 e. The number of aryl methyl sites for hydroxylation is 1. The third-order valence-corrected chi connectivity index (χ3v) is 4.32. The van der Waals surface area contributed by atoms with Gasteiger partial charge in [0.1, 0.15) is 6.61 Å². The van der Waals surface area contributed by atoms with Crippen LogP contribution >= 0.6 is 22.6 Å². The Bertz CT molecular complexity index is 622. The predicted molar refractivity (Wildman–Crippen MR) is 98.1 cm³/mol. The molecule has 0 saturated heterocycles. The Morgan fingerprint density at radius 3 is 2.77 bits per heavy atom. The van der Waals surface area contributed by atoms with E-state index in [0.29, 0.717) is 12.5 Å². The van der Waals surface area contributed by atoms with E-state index in [2.05, 4.69) is 72.0 Å². The first-order chi connectivity index (χ1) is 10.5. The lowest BCUT2D eigenvalue weighted by molar-refractivity contribution is 0.264. The summed E-state index contributed by atoms with van der Waals surface area (Å²) in [5.41, 5.74) is 3.48. The average Bonchev–Trinajstić information content (AvgIpc) is 2.81. The van der Waals surface area contributed by atoms with Crippen molar-refractivity contribution in [3.05, 3.63) is 44.7 Å². The number of ether oxygens (including phenoxy) is 1. The van der Waals surface area contributed by atoms with Gasteiger partial charge in [-0.15, -0.1) is 0 Å². The van der Waals surface area contributed by atoms with Crippen LogP contribution in [0.3, 0.4) is 0 Å². The van der Waals surface area contributed by atoms with Crippen molar-refractivity contribution in [1.82, 2.24) is 15.1 Å². The third kappa shape index (κ3) is 4.71. The Labute approximate surface area is 146 Å². The molecule has 0 aliphatic rings. The molecule has 22 heavy (non-hydrogen) atoms. The molecule has 0 atom stereocenters. The van der Waals surface area contributed by atoms with E-state index in [1.165, 1.54) is 14.7 Å². The number of hydrogen-bond acceptors (Lipinski definition) is 3. The zero-order valence-corrected chi connectivity index (χ0v) is 15.8. The minimum absolute atomic E-state index is 0.531. The van der Waals surface area contributed by atoms with Crippen LogP contribution in [-0.2, 0) is 19.7 Å². The van der Waals surface area contributed by atoms with Crippen LogP contribution in [0.2, 0.25) is 0 Å². The maximum absolute atomic E-state index is 6.05. The Kier molecular flexibility index (Phi) is 6.26. The summed E-state index contributed by atoms with van der Waals surface area (Å²) in [4.78, 5) is 0. The molecule has 0 aliphatic heterocycles. The lowest BCUT2D eigenvalue weighted by Gasteiger charge is -2.12. The van der Waals surface area contributed by atoms with Crippen LogP contribution in [-0.4, -0.2) is 16.8 Å². The van der Waals surface area contributed by atoms with E-state index in [1.807, 2.05) is 17.8 Å². The maximum atomic E-state index is 6.05. The molecule has 1 heterocycles. The highest BCUT2D eigenvalue weighted by molar-refractivity contribution is 14.1. The average molecular weight is 413 g/mol. The highest BCUT2D eigenvalue weighted by Gasteiger charge is 2.11. The van der Waals surface area contributed by atoms with Gasteiger partial charge < -0.3 is 10.1 Å². The molecule has 2 aromatic rings. The molecule has 1 N–H and O–H groups in total. The van der Waals surface area contributed by atoms with Gasteiger partial charge in [0.15, 0.2) is 0 Å². The van der Waals surface area contributed by atoms with E-state index < -0.39 is 0 Å². The van der Waals surface area contributed by atoms with Crippen molar-refractivity contribution in [2.24, 2.45) is 5.92 Å². The first-order valence-corrected chi connectivity index (χ1v) is 8.66. The molecule has 1 aromatic carbocycles. The van der Waals surface area contributed by atoms with Gasteiger partial charge in [0.25, 0.3) is 0 Å². The van der Waals surface area contributed by atoms with E-state index >= 15 is 0 Å². The van der Waals surface area contributed by atoms with Crippen LogP contribution in [0.15, 0.2) is 24.3 Å². The van der Waals surface area contributed by atoms with Gasteiger partial charge in [-0.1, -0.05) is 31.5 Å². The van der Waals surface area contributed by atoms with Gasteiger partial charge >= 0.3 is 0 Å². The number of nitrogens with zero attached hydrogens (tertiary/aromatic N) is 2. The van der Waals surface area contributed by atoms with Crippen LogP contribution < -0.4 is 10.1 Å². The van der Waals surface area contributed by atoms with Crippen LogP contribution in [0.1, 0.15) is 30.7 Å². The number of benzene rings is 1. The van der Waals surface area contributed by atoms with Crippen LogP contribution in [0.25, 0.3) is 0 Å². The quantitative estimate of drug-likeness (QED) is 0.703. The molecule has 0 saturated carbocycles. The van der Waals surface area contributed by atoms with E-state index in [0.717, 1.165) is 24.7 Å². The predicted octanol–water partition coefficient (Wildman–Crippen LogP) is 3.75. The molecule has 0 spiro atoms. The Balaban J connectivity index is 2.15. The molecule has 5 heteroatoms. The standard InChI is InChI=1S/C17H24IN3O/c1-12(2)10-21-17(8-15(20-21)9-19-4)22-11-14-7-13(3)5-6-16(14)18/h5-8,12,19H,9-11H2,1-4H3. The van der Waals surface area contributed by atoms with Gasteiger partial charge in [0, 0.05) is 28.3 Å². The second-order valence-electron chi connectivity index (χ2n) is 5.96. The summed E-state index contributed by atoms with van der Waals surface area (Å²) in [6, 6.07) is 8.47. The van der Waals surface area contributed by atoms with E-state index in [1.54, 1.807) is 0 Å². The second-order valence-corrected chi connectivity index (χ2v) is 7.13. The molecule has 0 aliphatic carbocycles. The summed E-state index contributed by atoms with van der Waals surface area (Å²) >= 11 is 2.35. The Morgan fingerprint density at radius 2 is 2.09 bits per heavy atom. The summed E-state index contributed by atoms with van der Waals surface area (Å²) in [5.74, 6) is 1.38. The van der Waals surface area contributed by atoms with E-state index in [9.17, 15) is 0 Å². The summed E-state index contributed by atoms with van der Waals surface area (Å²) in [6.45, 7) is 8.67. The van der Waals surface area contributed by atoms with Crippen LogP contribution in [0.4, 0.5) is 0 Å². The monoisotopic (exact) mass is 413 g/mol. The molecule has 120 valence electrons. The van der Waals surface area contributed by atoms with Gasteiger partial charge in [0.05, 0.1) is 5.69 Å². The largest absolute Gasteiger partial charge is 0.473 e. The van der Waals surface area contributed by atoms with Gasteiger partial charge in [-0.25, -0.2) is 4.68 Å².